The fourth-order valence-electron chi connectivity index (χ4n) is 4.32. The summed E-state index contributed by atoms with van der Waals surface area (Å²) in [5.41, 5.74) is 2.23. The van der Waals surface area contributed by atoms with Gasteiger partial charge in [0.25, 0.3) is 17.7 Å². The molecule has 1 atom stereocenters. The molecule has 1 N–H and O–H groups in total. The Morgan fingerprint density at radius 2 is 1.56 bits per heavy atom. The topological polar surface area (TPSA) is 79.0 Å². The van der Waals surface area contributed by atoms with Gasteiger partial charge in [-0.25, -0.2) is 0 Å². The molecular weight excluding hydrogens is 406 g/mol. The molecule has 0 aliphatic carbocycles. The van der Waals surface area contributed by atoms with Crippen molar-refractivity contribution in [1.29, 1.82) is 0 Å². The molecule has 0 aromatic heterocycles. The van der Waals surface area contributed by atoms with Crippen molar-refractivity contribution in [2.24, 2.45) is 5.92 Å². The van der Waals surface area contributed by atoms with Crippen LogP contribution in [0.15, 0.2) is 48.5 Å². The Morgan fingerprint density at radius 3 is 2.12 bits per heavy atom. The van der Waals surface area contributed by atoms with Gasteiger partial charge >= 0.3 is 0 Å². The van der Waals surface area contributed by atoms with E-state index in [2.05, 4.69) is 24.1 Å². The lowest BCUT2D eigenvalue weighted by atomic mass is 10.0. The van der Waals surface area contributed by atoms with Crippen molar-refractivity contribution in [1.82, 2.24) is 15.1 Å². The summed E-state index contributed by atoms with van der Waals surface area (Å²) < 4.78 is 5.44. The normalized spacial score (nSPS) is 17.5. The Labute approximate surface area is 188 Å². The summed E-state index contributed by atoms with van der Waals surface area (Å²) in [7, 11) is 0. The SMILES string of the molecule is CC(C)[C@@H](CNC(=O)c1ccc(CN2C(=O)c3ccccc3C2=O)cc1)N1CCOCC1. The van der Waals surface area contributed by atoms with E-state index in [1.165, 1.54) is 4.90 Å². The van der Waals surface area contributed by atoms with E-state index in [-0.39, 0.29) is 30.3 Å². The monoisotopic (exact) mass is 435 g/mol. The molecule has 4 rings (SSSR count). The van der Waals surface area contributed by atoms with Crippen molar-refractivity contribution in [3.63, 3.8) is 0 Å². The lowest BCUT2D eigenvalue weighted by Gasteiger charge is -2.36. The van der Waals surface area contributed by atoms with Crippen LogP contribution in [-0.4, -0.2) is 66.4 Å². The molecule has 0 spiro atoms. The van der Waals surface area contributed by atoms with Crippen LogP contribution in [0.4, 0.5) is 0 Å². The number of rotatable bonds is 7. The van der Waals surface area contributed by atoms with Crippen LogP contribution in [0.2, 0.25) is 0 Å². The first-order chi connectivity index (χ1) is 15.5. The highest BCUT2D eigenvalue weighted by molar-refractivity contribution is 6.21. The van der Waals surface area contributed by atoms with Gasteiger partial charge in [0.05, 0.1) is 30.9 Å². The molecule has 2 aliphatic heterocycles. The van der Waals surface area contributed by atoms with Gasteiger partial charge in [0.1, 0.15) is 0 Å². The van der Waals surface area contributed by atoms with Crippen LogP contribution in [0, 0.1) is 5.92 Å². The molecule has 0 unspecified atom stereocenters. The fourth-order valence-corrected chi connectivity index (χ4v) is 4.32. The van der Waals surface area contributed by atoms with E-state index in [0.29, 0.717) is 29.2 Å². The van der Waals surface area contributed by atoms with Gasteiger partial charge in [0.15, 0.2) is 0 Å². The van der Waals surface area contributed by atoms with Gasteiger partial charge < -0.3 is 10.1 Å². The molecule has 2 aromatic rings. The highest BCUT2D eigenvalue weighted by atomic mass is 16.5. The summed E-state index contributed by atoms with van der Waals surface area (Å²) in [6, 6.07) is 14.2. The average molecular weight is 436 g/mol. The molecule has 1 fully saturated rings. The fraction of sp³-hybridized carbons (Fsp3) is 0.400. The summed E-state index contributed by atoms with van der Waals surface area (Å²) in [5, 5.41) is 3.06. The zero-order valence-corrected chi connectivity index (χ0v) is 18.5. The van der Waals surface area contributed by atoms with E-state index < -0.39 is 0 Å². The van der Waals surface area contributed by atoms with Crippen molar-refractivity contribution in [3.05, 3.63) is 70.8 Å². The smallest absolute Gasteiger partial charge is 0.261 e. The number of benzene rings is 2. The Balaban J connectivity index is 1.36. The summed E-state index contributed by atoms with van der Waals surface area (Å²) in [5.74, 6) is -0.280. The molecule has 0 radical (unpaired) electrons. The van der Waals surface area contributed by atoms with Gasteiger partial charge in [-0.05, 0) is 35.7 Å². The second-order valence-electron chi connectivity index (χ2n) is 8.61. The predicted octanol–water partition coefficient (Wildman–Crippen LogP) is 2.57. The molecule has 7 nitrogen and oxygen atoms in total. The summed E-state index contributed by atoms with van der Waals surface area (Å²) >= 11 is 0. The van der Waals surface area contributed by atoms with Crippen LogP contribution in [0.3, 0.4) is 0 Å². The second kappa shape index (κ2) is 9.63. The molecule has 2 heterocycles. The van der Waals surface area contributed by atoms with Crippen molar-refractivity contribution in [2.45, 2.75) is 26.4 Å². The zero-order valence-electron chi connectivity index (χ0n) is 18.5. The molecular formula is C25H29N3O4. The number of ether oxygens (including phenoxy) is 1. The highest BCUT2D eigenvalue weighted by Crippen LogP contribution is 2.24. The van der Waals surface area contributed by atoms with Crippen molar-refractivity contribution in [2.75, 3.05) is 32.8 Å². The van der Waals surface area contributed by atoms with Gasteiger partial charge in [-0.2, -0.15) is 0 Å². The first-order valence-corrected chi connectivity index (χ1v) is 11.1. The van der Waals surface area contributed by atoms with Gasteiger partial charge in [-0.1, -0.05) is 38.1 Å². The van der Waals surface area contributed by atoms with Crippen LogP contribution in [0.25, 0.3) is 0 Å². The van der Waals surface area contributed by atoms with Crippen molar-refractivity contribution in [3.8, 4) is 0 Å². The Bertz CT molecular complexity index is 962. The molecule has 0 saturated carbocycles. The predicted molar refractivity (Wildman–Crippen MR) is 120 cm³/mol. The standard InChI is InChI=1S/C25H29N3O4/c1-17(2)22(27-11-13-32-14-12-27)15-26-23(29)19-9-7-18(8-10-19)16-28-24(30)20-5-3-4-6-21(20)25(28)31/h3-10,17,22H,11-16H2,1-2H3,(H,26,29)/t22-/m1/s1. The number of imide groups is 1. The van der Waals surface area contributed by atoms with Gasteiger partial charge in [-0.15, -0.1) is 0 Å². The highest BCUT2D eigenvalue weighted by Gasteiger charge is 2.35. The largest absolute Gasteiger partial charge is 0.379 e. The van der Waals surface area contributed by atoms with Crippen LogP contribution in [-0.2, 0) is 11.3 Å². The maximum Gasteiger partial charge on any atom is 0.261 e. The number of amides is 3. The summed E-state index contributed by atoms with van der Waals surface area (Å²) in [6.45, 7) is 8.31. The third-order valence-corrected chi connectivity index (χ3v) is 6.19. The summed E-state index contributed by atoms with van der Waals surface area (Å²) in [4.78, 5) is 41.4. The van der Waals surface area contributed by atoms with Gasteiger partial charge in [-0.3, -0.25) is 24.2 Å². The molecule has 0 bridgehead atoms. The van der Waals surface area contributed by atoms with Crippen molar-refractivity contribution >= 4 is 17.7 Å². The molecule has 2 aromatic carbocycles. The molecule has 168 valence electrons. The van der Waals surface area contributed by atoms with Gasteiger partial charge in [0.2, 0.25) is 0 Å². The summed E-state index contributed by atoms with van der Waals surface area (Å²) in [6.07, 6.45) is 0. The molecule has 3 amide bonds. The Hall–Kier alpha value is -3.03. The number of nitrogens with one attached hydrogen (secondary N) is 1. The first kappa shape index (κ1) is 22.2. The zero-order chi connectivity index (χ0) is 22.7. The number of hydrogen-bond acceptors (Lipinski definition) is 5. The minimum Gasteiger partial charge on any atom is -0.379 e. The minimum atomic E-state index is -0.282. The number of carbonyl (C=O) groups is 3. The molecule has 2 aliphatic rings. The maximum absolute atomic E-state index is 12.7. The molecule has 32 heavy (non-hydrogen) atoms. The van der Waals surface area contributed by atoms with Gasteiger partial charge in [0, 0.05) is 31.2 Å². The third-order valence-electron chi connectivity index (χ3n) is 6.19. The number of hydrogen-bond donors (Lipinski definition) is 1. The quantitative estimate of drug-likeness (QED) is 0.677. The Morgan fingerprint density at radius 1 is 0.969 bits per heavy atom. The van der Waals surface area contributed by atoms with E-state index in [1.54, 1.807) is 48.5 Å². The van der Waals surface area contributed by atoms with Crippen LogP contribution in [0.5, 0.6) is 0 Å². The van der Waals surface area contributed by atoms with E-state index in [1.807, 2.05) is 0 Å². The van der Waals surface area contributed by atoms with E-state index in [0.717, 1.165) is 31.9 Å². The minimum absolute atomic E-state index is 0.129. The number of morpholine rings is 1. The number of fused-ring (bicyclic) bond motifs is 1. The number of carbonyl (C=O) groups excluding carboxylic acids is 3. The van der Waals surface area contributed by atoms with Crippen LogP contribution >= 0.6 is 0 Å². The lowest BCUT2D eigenvalue weighted by Crippen LogP contribution is -2.51. The van der Waals surface area contributed by atoms with E-state index in [9.17, 15) is 14.4 Å². The van der Waals surface area contributed by atoms with E-state index >= 15 is 0 Å². The lowest BCUT2D eigenvalue weighted by molar-refractivity contribution is 0.00672. The first-order valence-electron chi connectivity index (χ1n) is 11.1. The second-order valence-corrected chi connectivity index (χ2v) is 8.61. The maximum atomic E-state index is 12.7. The van der Waals surface area contributed by atoms with Crippen LogP contribution in [0.1, 0.15) is 50.5 Å². The van der Waals surface area contributed by atoms with Crippen molar-refractivity contribution < 1.29 is 19.1 Å². The molecule has 1 saturated heterocycles. The molecule has 7 heteroatoms. The Kier molecular flexibility index (Phi) is 6.67. The third kappa shape index (κ3) is 4.59. The number of nitrogens with zero attached hydrogens (tertiary/aromatic N) is 2. The van der Waals surface area contributed by atoms with Crippen LogP contribution < -0.4 is 5.32 Å². The van der Waals surface area contributed by atoms with E-state index in [4.69, 9.17) is 4.74 Å². The average Bonchev–Trinajstić information content (AvgIpc) is 3.05.